The SMILES string of the molecule is [B][B]C(NC(C)(CC)C(CC)(CC)C(=O)C([B])NC(CC)(CC)C(CC)(CC)C(=O)C([B][B])NC(CC)CC)C(=O)C(CC)CC. The van der Waals surface area contributed by atoms with Gasteiger partial charge < -0.3 is 16.0 Å². The second kappa shape index (κ2) is 20.7. The molecule has 4 unspecified atom stereocenters. The number of carbonyl (C=O) groups excluding carboxylic acids is 3. The molecular weight excluding hydrogens is 564 g/mol. The normalized spacial score (nSPS) is 16.1. The van der Waals surface area contributed by atoms with Gasteiger partial charge in [0, 0.05) is 67.2 Å². The monoisotopic (exact) mass is 632 g/mol. The molecule has 0 aliphatic carbocycles. The predicted molar refractivity (Wildman–Crippen MR) is 201 cm³/mol. The number of Topliss-reactive ketones (excluding diaryl/α,β-unsaturated/α-hetero) is 3. The van der Waals surface area contributed by atoms with Crippen LogP contribution in [0.2, 0.25) is 0 Å². The Morgan fingerprint density at radius 3 is 1.39 bits per heavy atom. The largest absolute Gasteiger partial charge is 0.313 e. The van der Waals surface area contributed by atoms with Gasteiger partial charge in [0.25, 0.3) is 0 Å². The van der Waals surface area contributed by atoms with E-state index in [4.69, 9.17) is 23.3 Å². The molecule has 0 aliphatic rings. The van der Waals surface area contributed by atoms with Crippen LogP contribution in [-0.4, -0.2) is 90.0 Å². The fraction of sp³-hybridized carbons (Fsp3) is 0.914. The van der Waals surface area contributed by atoms with Gasteiger partial charge in [-0.25, -0.2) is 0 Å². The van der Waals surface area contributed by atoms with Crippen LogP contribution in [0.3, 0.4) is 0 Å². The van der Waals surface area contributed by atoms with Crippen molar-refractivity contribution in [2.45, 2.75) is 189 Å². The Morgan fingerprint density at radius 2 is 1.07 bits per heavy atom. The lowest BCUT2D eigenvalue weighted by Crippen LogP contribution is -2.71. The second-order valence-corrected chi connectivity index (χ2v) is 13.5. The van der Waals surface area contributed by atoms with Gasteiger partial charge >= 0.3 is 0 Å². The molecule has 0 aromatic heterocycles. The van der Waals surface area contributed by atoms with E-state index in [0.29, 0.717) is 44.9 Å². The van der Waals surface area contributed by atoms with Gasteiger partial charge in [-0.05, 0) is 77.6 Å². The maximum Gasteiger partial charge on any atom is 0.148 e. The Hall–Kier alpha value is -0.785. The number of hydrogen-bond donors (Lipinski definition) is 3. The first-order valence-electron chi connectivity index (χ1n) is 18.5. The lowest BCUT2D eigenvalue weighted by molar-refractivity contribution is -0.141. The van der Waals surface area contributed by atoms with Gasteiger partial charge in [-0.3, -0.25) is 14.4 Å². The van der Waals surface area contributed by atoms with Gasteiger partial charge in [0.2, 0.25) is 0 Å². The maximum atomic E-state index is 14.8. The summed E-state index contributed by atoms with van der Waals surface area (Å²) in [6.07, 6.45) is 7.19. The van der Waals surface area contributed by atoms with Crippen LogP contribution < -0.4 is 16.0 Å². The predicted octanol–water partition coefficient (Wildman–Crippen LogP) is 5.15. The lowest BCUT2D eigenvalue weighted by atomic mass is 9.45. The van der Waals surface area contributed by atoms with Crippen molar-refractivity contribution in [3.8, 4) is 0 Å². The Balaban J connectivity index is 6.95. The number of carbonyl (C=O) groups is 3. The summed E-state index contributed by atoms with van der Waals surface area (Å²) in [6, 6.07) is 0.162. The van der Waals surface area contributed by atoms with Crippen molar-refractivity contribution in [2.24, 2.45) is 16.7 Å². The van der Waals surface area contributed by atoms with Gasteiger partial charge in [0.15, 0.2) is 0 Å². The quantitative estimate of drug-likeness (QED) is 0.109. The van der Waals surface area contributed by atoms with Crippen LogP contribution in [-0.2, 0) is 14.4 Å². The summed E-state index contributed by atoms with van der Waals surface area (Å²) in [5.74, 6) is -2.52. The summed E-state index contributed by atoms with van der Waals surface area (Å²) in [6.45, 7) is 24.5. The Morgan fingerprint density at radius 1 is 0.609 bits per heavy atom. The molecule has 0 saturated heterocycles. The fourth-order valence-electron chi connectivity index (χ4n) is 8.47. The summed E-state index contributed by atoms with van der Waals surface area (Å²) in [5.41, 5.74) is -3.28. The zero-order chi connectivity index (χ0) is 35.9. The highest BCUT2D eigenvalue weighted by molar-refractivity contribution is 6.92. The molecule has 0 rings (SSSR count). The van der Waals surface area contributed by atoms with Crippen molar-refractivity contribution in [3.05, 3.63) is 0 Å². The number of ketones is 3. The summed E-state index contributed by atoms with van der Waals surface area (Å²) < 4.78 is 0. The molecule has 0 aliphatic heterocycles. The summed E-state index contributed by atoms with van der Waals surface area (Å²) in [7, 11) is 22.1. The molecule has 0 saturated carbocycles. The van der Waals surface area contributed by atoms with Gasteiger partial charge in [-0.1, -0.05) is 76.2 Å². The Kier molecular flexibility index (Phi) is 20.3. The van der Waals surface area contributed by atoms with E-state index in [1.54, 1.807) is 0 Å². The first-order valence-corrected chi connectivity index (χ1v) is 18.5. The smallest absolute Gasteiger partial charge is 0.148 e. The molecule has 0 bridgehead atoms. The molecule has 0 heterocycles. The van der Waals surface area contributed by atoms with Crippen molar-refractivity contribution in [1.29, 1.82) is 0 Å². The van der Waals surface area contributed by atoms with E-state index < -0.39 is 39.7 Å². The minimum atomic E-state index is -1.04. The van der Waals surface area contributed by atoms with Gasteiger partial charge in [0.05, 0.1) is 14.3 Å². The van der Waals surface area contributed by atoms with Gasteiger partial charge in [0.1, 0.15) is 25.2 Å². The van der Waals surface area contributed by atoms with Crippen LogP contribution in [0.1, 0.15) is 154 Å². The minimum Gasteiger partial charge on any atom is -0.313 e. The molecule has 11 heteroatoms. The summed E-state index contributed by atoms with van der Waals surface area (Å²) >= 11 is 0. The van der Waals surface area contributed by atoms with E-state index >= 15 is 0 Å². The molecule has 0 spiro atoms. The number of hydrogen-bond acceptors (Lipinski definition) is 6. The molecule has 254 valence electrons. The highest BCUT2D eigenvalue weighted by Crippen LogP contribution is 2.47. The van der Waals surface area contributed by atoms with E-state index in [1.165, 1.54) is 14.3 Å². The molecule has 46 heavy (non-hydrogen) atoms. The van der Waals surface area contributed by atoms with Crippen LogP contribution in [0, 0.1) is 16.7 Å². The van der Waals surface area contributed by atoms with Gasteiger partial charge in [-0.15, -0.1) is 0 Å². The molecule has 4 atom stereocenters. The summed E-state index contributed by atoms with van der Waals surface area (Å²) in [4.78, 5) is 42.9. The lowest BCUT2D eigenvalue weighted by Gasteiger charge is -2.54. The average molecular weight is 631 g/mol. The van der Waals surface area contributed by atoms with E-state index in [1.807, 2.05) is 55.4 Å². The van der Waals surface area contributed by atoms with Crippen molar-refractivity contribution in [3.63, 3.8) is 0 Å². The standard InChI is InChI=1S/C35H66B5N3O3/c1-13-24(14-2)26(44)30(39-37)43-32(12,17-5)33(18-6,19-7)27(45)29(36)42-35(22-10,23-11)34(20-8,21-9)28(46)31(40-38)41-25(15-3)16-4/h24-25,29-31,41-43H,13-23H2,1-12H3. The zero-order valence-corrected chi connectivity index (χ0v) is 31.8. The molecule has 8 radical (unpaired) electrons. The summed E-state index contributed by atoms with van der Waals surface area (Å²) in [5, 5.41) is 10.7. The molecule has 0 fully saturated rings. The second-order valence-electron chi connectivity index (χ2n) is 13.5. The van der Waals surface area contributed by atoms with Crippen LogP contribution >= 0.6 is 0 Å². The molecule has 0 amide bonds. The third-order valence-electron chi connectivity index (χ3n) is 12.2. The number of rotatable bonds is 27. The van der Waals surface area contributed by atoms with E-state index in [2.05, 4.69) is 43.6 Å². The zero-order valence-electron chi connectivity index (χ0n) is 31.8. The van der Waals surface area contributed by atoms with Crippen LogP contribution in [0.15, 0.2) is 0 Å². The van der Waals surface area contributed by atoms with Crippen LogP contribution in [0.25, 0.3) is 0 Å². The molecular formula is C35H66B5N3O3. The van der Waals surface area contributed by atoms with Crippen molar-refractivity contribution in [1.82, 2.24) is 16.0 Å². The molecule has 0 aromatic carbocycles. The third kappa shape index (κ3) is 9.06. The topological polar surface area (TPSA) is 87.3 Å². The fourth-order valence-corrected chi connectivity index (χ4v) is 8.47. The highest BCUT2D eigenvalue weighted by Gasteiger charge is 2.56. The van der Waals surface area contributed by atoms with Crippen molar-refractivity contribution < 1.29 is 14.4 Å². The van der Waals surface area contributed by atoms with Crippen LogP contribution in [0.5, 0.6) is 0 Å². The third-order valence-corrected chi connectivity index (χ3v) is 12.2. The van der Waals surface area contributed by atoms with Crippen molar-refractivity contribution in [2.75, 3.05) is 0 Å². The minimum absolute atomic E-state index is 0.0290. The van der Waals surface area contributed by atoms with E-state index in [0.717, 1.165) is 25.7 Å². The first kappa shape index (κ1) is 45.2. The Bertz CT molecular complexity index is 919. The molecule has 3 N–H and O–H groups in total. The van der Waals surface area contributed by atoms with E-state index in [9.17, 15) is 14.4 Å². The first-order chi connectivity index (χ1) is 21.7. The molecule has 0 aromatic rings. The van der Waals surface area contributed by atoms with Crippen LogP contribution in [0.4, 0.5) is 0 Å². The van der Waals surface area contributed by atoms with E-state index in [-0.39, 0.29) is 29.3 Å². The average Bonchev–Trinajstić information content (AvgIpc) is 3.08. The molecule has 6 nitrogen and oxygen atoms in total. The van der Waals surface area contributed by atoms with Crippen molar-refractivity contribution >= 4 is 55.0 Å². The Labute approximate surface area is 290 Å². The maximum absolute atomic E-state index is 14.8. The number of nitrogens with one attached hydrogen (secondary N) is 3. The highest BCUT2D eigenvalue weighted by atomic mass is 16.1. The van der Waals surface area contributed by atoms with Gasteiger partial charge in [-0.2, -0.15) is 0 Å².